The monoisotopic (exact) mass is 310 g/mol. The van der Waals surface area contributed by atoms with Crippen LogP contribution in [0.15, 0.2) is 28.7 Å². The third kappa shape index (κ3) is 2.75. The Hall–Kier alpha value is -0.870. The zero-order valence-electron chi connectivity index (χ0n) is 10.8. The Kier molecular flexibility index (Phi) is 4.07. The predicted octanol–water partition coefficient (Wildman–Crippen LogP) is 2.71. The van der Waals surface area contributed by atoms with Crippen molar-refractivity contribution in [1.29, 1.82) is 0 Å². The second kappa shape index (κ2) is 5.41. The Morgan fingerprint density at radius 3 is 2.83 bits per heavy atom. The molecule has 1 fully saturated rings. The molecule has 18 heavy (non-hydrogen) atoms. The molecular weight excluding hydrogens is 292 g/mol. The van der Waals surface area contributed by atoms with E-state index in [0.29, 0.717) is 12.3 Å². The van der Waals surface area contributed by atoms with E-state index >= 15 is 0 Å². The Balaban J connectivity index is 2.30. The van der Waals surface area contributed by atoms with Crippen LogP contribution in [0.5, 0.6) is 0 Å². The highest BCUT2D eigenvalue weighted by Crippen LogP contribution is 2.33. The van der Waals surface area contributed by atoms with Crippen LogP contribution in [0, 0.1) is 5.92 Å². The van der Waals surface area contributed by atoms with E-state index in [4.69, 9.17) is 5.73 Å². The van der Waals surface area contributed by atoms with Crippen molar-refractivity contribution in [3.8, 4) is 0 Å². The Labute approximate surface area is 116 Å². The lowest BCUT2D eigenvalue weighted by Crippen LogP contribution is -2.35. The standard InChI is InChI=1S/C14H19BrN2O/c1-9(2)8-17-13(18)7-12(16)14(17)10-4-3-5-11(15)6-10/h3-6,9,12,14H,7-8,16H2,1-2H3. The second-order valence-electron chi connectivity index (χ2n) is 5.31. The molecule has 1 saturated heterocycles. The summed E-state index contributed by atoms with van der Waals surface area (Å²) in [6, 6.07) is 7.97. The van der Waals surface area contributed by atoms with E-state index in [1.165, 1.54) is 0 Å². The number of rotatable bonds is 3. The third-order valence-corrected chi connectivity index (χ3v) is 3.72. The summed E-state index contributed by atoms with van der Waals surface area (Å²) in [4.78, 5) is 14.0. The van der Waals surface area contributed by atoms with Crippen molar-refractivity contribution in [2.45, 2.75) is 32.4 Å². The van der Waals surface area contributed by atoms with E-state index in [1.54, 1.807) is 0 Å². The van der Waals surface area contributed by atoms with Gasteiger partial charge in [-0.15, -0.1) is 0 Å². The first kappa shape index (κ1) is 13.6. The van der Waals surface area contributed by atoms with Gasteiger partial charge in [-0.1, -0.05) is 41.9 Å². The molecule has 98 valence electrons. The maximum atomic E-state index is 12.0. The van der Waals surface area contributed by atoms with Gasteiger partial charge in [0.05, 0.1) is 6.04 Å². The Morgan fingerprint density at radius 2 is 2.22 bits per heavy atom. The Morgan fingerprint density at radius 1 is 1.50 bits per heavy atom. The van der Waals surface area contributed by atoms with Crippen molar-refractivity contribution in [1.82, 2.24) is 4.90 Å². The van der Waals surface area contributed by atoms with Crippen molar-refractivity contribution in [2.24, 2.45) is 11.7 Å². The summed E-state index contributed by atoms with van der Waals surface area (Å²) in [6.45, 7) is 5.01. The van der Waals surface area contributed by atoms with Gasteiger partial charge in [-0.2, -0.15) is 0 Å². The smallest absolute Gasteiger partial charge is 0.224 e. The first-order chi connectivity index (χ1) is 8.49. The molecular formula is C14H19BrN2O. The summed E-state index contributed by atoms with van der Waals surface area (Å²) < 4.78 is 1.02. The number of likely N-dealkylation sites (tertiary alicyclic amines) is 1. The first-order valence-corrected chi connectivity index (χ1v) is 7.09. The molecule has 0 radical (unpaired) electrons. The van der Waals surface area contributed by atoms with Gasteiger partial charge in [0, 0.05) is 23.5 Å². The lowest BCUT2D eigenvalue weighted by molar-refractivity contribution is -0.129. The zero-order valence-corrected chi connectivity index (χ0v) is 12.4. The van der Waals surface area contributed by atoms with Crippen LogP contribution in [0.3, 0.4) is 0 Å². The fraction of sp³-hybridized carbons (Fsp3) is 0.500. The van der Waals surface area contributed by atoms with Crippen LogP contribution >= 0.6 is 15.9 Å². The van der Waals surface area contributed by atoms with Crippen molar-refractivity contribution >= 4 is 21.8 Å². The molecule has 0 aliphatic carbocycles. The topological polar surface area (TPSA) is 46.3 Å². The first-order valence-electron chi connectivity index (χ1n) is 6.29. The molecule has 0 bridgehead atoms. The molecule has 1 amide bonds. The van der Waals surface area contributed by atoms with E-state index in [2.05, 4.69) is 35.8 Å². The normalized spacial score (nSPS) is 24.1. The number of halogens is 1. The minimum atomic E-state index is -0.106. The van der Waals surface area contributed by atoms with Crippen molar-refractivity contribution in [3.05, 3.63) is 34.3 Å². The predicted molar refractivity (Wildman–Crippen MR) is 76.0 cm³/mol. The molecule has 0 aromatic heterocycles. The van der Waals surface area contributed by atoms with Crippen LogP contribution in [-0.4, -0.2) is 23.4 Å². The minimum absolute atomic E-state index is 0.0115. The van der Waals surface area contributed by atoms with Crippen LogP contribution in [0.1, 0.15) is 31.9 Å². The van der Waals surface area contributed by atoms with Crippen LogP contribution < -0.4 is 5.73 Å². The fourth-order valence-corrected chi connectivity index (χ4v) is 2.96. The quantitative estimate of drug-likeness (QED) is 0.933. The Bertz CT molecular complexity index is 447. The van der Waals surface area contributed by atoms with Gasteiger partial charge in [-0.25, -0.2) is 0 Å². The molecule has 0 spiro atoms. The molecule has 1 aliphatic rings. The molecule has 1 aliphatic heterocycles. The lowest BCUT2D eigenvalue weighted by Gasteiger charge is -2.28. The summed E-state index contributed by atoms with van der Waals surface area (Å²) in [5.74, 6) is 0.620. The molecule has 1 aromatic rings. The number of amides is 1. The van der Waals surface area contributed by atoms with Crippen LogP contribution in [-0.2, 0) is 4.79 Å². The van der Waals surface area contributed by atoms with Crippen LogP contribution in [0.4, 0.5) is 0 Å². The third-order valence-electron chi connectivity index (χ3n) is 3.22. The van der Waals surface area contributed by atoms with E-state index in [0.717, 1.165) is 16.6 Å². The number of hydrogen-bond donors (Lipinski definition) is 1. The van der Waals surface area contributed by atoms with Gasteiger partial charge in [0.1, 0.15) is 0 Å². The molecule has 2 atom stereocenters. The van der Waals surface area contributed by atoms with Crippen LogP contribution in [0.2, 0.25) is 0 Å². The number of benzene rings is 1. The molecule has 2 rings (SSSR count). The highest BCUT2D eigenvalue weighted by molar-refractivity contribution is 9.10. The van der Waals surface area contributed by atoms with Crippen molar-refractivity contribution in [2.75, 3.05) is 6.54 Å². The largest absolute Gasteiger partial charge is 0.334 e. The summed E-state index contributed by atoms with van der Waals surface area (Å²) in [5, 5.41) is 0. The molecule has 1 heterocycles. The van der Waals surface area contributed by atoms with Gasteiger partial charge >= 0.3 is 0 Å². The van der Waals surface area contributed by atoms with Crippen LogP contribution in [0.25, 0.3) is 0 Å². The number of carbonyl (C=O) groups is 1. The second-order valence-corrected chi connectivity index (χ2v) is 6.22. The summed E-state index contributed by atoms with van der Waals surface area (Å²) >= 11 is 3.47. The molecule has 1 aromatic carbocycles. The van der Waals surface area contributed by atoms with Gasteiger partial charge in [0.25, 0.3) is 0 Å². The molecule has 0 saturated carbocycles. The van der Waals surface area contributed by atoms with E-state index in [9.17, 15) is 4.79 Å². The average molecular weight is 311 g/mol. The highest BCUT2D eigenvalue weighted by Gasteiger charge is 2.38. The molecule has 2 unspecified atom stereocenters. The van der Waals surface area contributed by atoms with E-state index in [-0.39, 0.29) is 18.0 Å². The van der Waals surface area contributed by atoms with Gasteiger partial charge in [0.2, 0.25) is 5.91 Å². The van der Waals surface area contributed by atoms with Gasteiger partial charge in [-0.3, -0.25) is 4.79 Å². The number of nitrogens with zero attached hydrogens (tertiary/aromatic N) is 1. The average Bonchev–Trinajstić information content (AvgIpc) is 2.53. The van der Waals surface area contributed by atoms with Gasteiger partial charge in [0.15, 0.2) is 0 Å². The number of hydrogen-bond acceptors (Lipinski definition) is 2. The van der Waals surface area contributed by atoms with E-state index < -0.39 is 0 Å². The molecule has 3 nitrogen and oxygen atoms in total. The SMILES string of the molecule is CC(C)CN1C(=O)CC(N)C1c1cccc(Br)c1. The molecule has 4 heteroatoms. The molecule has 2 N–H and O–H groups in total. The number of carbonyl (C=O) groups excluding carboxylic acids is 1. The lowest BCUT2D eigenvalue weighted by atomic mass is 10.0. The minimum Gasteiger partial charge on any atom is -0.334 e. The van der Waals surface area contributed by atoms with Crippen molar-refractivity contribution in [3.63, 3.8) is 0 Å². The van der Waals surface area contributed by atoms with Gasteiger partial charge < -0.3 is 10.6 Å². The van der Waals surface area contributed by atoms with Crippen molar-refractivity contribution < 1.29 is 4.79 Å². The maximum Gasteiger partial charge on any atom is 0.224 e. The van der Waals surface area contributed by atoms with Gasteiger partial charge in [-0.05, 0) is 23.6 Å². The fourth-order valence-electron chi connectivity index (χ4n) is 2.54. The number of nitrogens with two attached hydrogens (primary N) is 1. The highest BCUT2D eigenvalue weighted by atomic mass is 79.9. The summed E-state index contributed by atoms with van der Waals surface area (Å²) in [6.07, 6.45) is 0.448. The maximum absolute atomic E-state index is 12.0. The summed E-state index contributed by atoms with van der Waals surface area (Å²) in [7, 11) is 0. The summed E-state index contributed by atoms with van der Waals surface area (Å²) in [5.41, 5.74) is 7.25. The zero-order chi connectivity index (χ0) is 13.3. The van der Waals surface area contributed by atoms with E-state index in [1.807, 2.05) is 23.1 Å².